The third-order valence-corrected chi connectivity index (χ3v) is 5.79. The van der Waals surface area contributed by atoms with Crippen LogP contribution in [0.3, 0.4) is 0 Å². The Hall–Kier alpha value is -1.72. The highest BCUT2D eigenvalue weighted by molar-refractivity contribution is 7.17. The highest BCUT2D eigenvalue weighted by atomic mass is 32.1. The van der Waals surface area contributed by atoms with E-state index in [1.807, 2.05) is 42.2 Å². The molecule has 0 unspecified atom stereocenters. The molecular weight excluding hydrogens is 318 g/mol. The molecule has 1 N–H and O–H groups in total. The molecule has 3 rings (SSSR count). The number of nitrogens with zero attached hydrogens (tertiary/aromatic N) is 2. The molecule has 1 aromatic carbocycles. The summed E-state index contributed by atoms with van der Waals surface area (Å²) in [6.45, 7) is 7.86. The minimum Gasteiger partial charge on any atom is -0.338 e. The molecule has 0 radical (unpaired) electrons. The fraction of sp³-hybridized carbons (Fsp3) is 0.474. The summed E-state index contributed by atoms with van der Waals surface area (Å²) in [5, 5.41) is 4.34. The number of carbonyl (C=O) groups is 1. The van der Waals surface area contributed by atoms with Crippen LogP contribution in [0.2, 0.25) is 0 Å². The second kappa shape index (κ2) is 7.90. The molecule has 1 amide bonds. The summed E-state index contributed by atoms with van der Waals surface area (Å²) < 4.78 is 0. The van der Waals surface area contributed by atoms with Crippen LogP contribution in [0.5, 0.6) is 0 Å². The Balaban J connectivity index is 1.67. The lowest BCUT2D eigenvalue weighted by molar-refractivity contribution is 0.0694. The van der Waals surface area contributed by atoms with Gasteiger partial charge in [-0.05, 0) is 38.8 Å². The number of nitrogens with one attached hydrogen (secondary N) is 1. The normalized spacial score (nSPS) is 15.7. The first kappa shape index (κ1) is 17.1. The number of aromatic nitrogens is 1. The summed E-state index contributed by atoms with van der Waals surface area (Å²) in [5.41, 5.74) is 1.92. The van der Waals surface area contributed by atoms with Crippen LogP contribution >= 0.6 is 11.3 Å². The second-order valence-corrected chi connectivity index (χ2v) is 7.34. The topological polar surface area (TPSA) is 45.2 Å². The monoisotopic (exact) mass is 343 g/mol. The highest BCUT2D eigenvalue weighted by Gasteiger charge is 2.26. The van der Waals surface area contributed by atoms with Gasteiger partial charge in [0.15, 0.2) is 0 Å². The quantitative estimate of drug-likeness (QED) is 0.902. The second-order valence-electron chi connectivity index (χ2n) is 6.34. The fourth-order valence-electron chi connectivity index (χ4n) is 3.13. The highest BCUT2D eigenvalue weighted by Crippen LogP contribution is 2.29. The molecule has 2 heterocycles. The van der Waals surface area contributed by atoms with Crippen molar-refractivity contribution in [2.24, 2.45) is 5.92 Å². The molecule has 0 atom stereocenters. The van der Waals surface area contributed by atoms with E-state index in [9.17, 15) is 4.79 Å². The van der Waals surface area contributed by atoms with Crippen LogP contribution in [-0.4, -0.2) is 42.0 Å². The summed E-state index contributed by atoms with van der Waals surface area (Å²) in [5.74, 6) is 0.838. The molecule has 0 saturated carbocycles. The number of aryl methyl sites for hydroxylation is 1. The average molecular weight is 343 g/mol. The van der Waals surface area contributed by atoms with Gasteiger partial charge in [-0.15, -0.1) is 11.3 Å². The van der Waals surface area contributed by atoms with E-state index in [0.717, 1.165) is 60.2 Å². The van der Waals surface area contributed by atoms with E-state index >= 15 is 0 Å². The summed E-state index contributed by atoms with van der Waals surface area (Å²) >= 11 is 1.51. The maximum atomic E-state index is 12.9. The number of benzene rings is 1. The molecular formula is C19H25N3OS. The Bertz CT molecular complexity index is 675. The molecule has 1 fully saturated rings. The summed E-state index contributed by atoms with van der Waals surface area (Å²) in [6.07, 6.45) is 2.17. The number of carbonyl (C=O) groups excluding carboxylic acids is 1. The third-order valence-electron chi connectivity index (χ3n) is 4.60. The van der Waals surface area contributed by atoms with Gasteiger partial charge in [0.2, 0.25) is 0 Å². The lowest BCUT2D eigenvalue weighted by atomic mass is 9.96. The molecule has 0 aliphatic carbocycles. The lowest BCUT2D eigenvalue weighted by Crippen LogP contribution is -2.40. The Kier molecular flexibility index (Phi) is 5.63. The van der Waals surface area contributed by atoms with Gasteiger partial charge in [-0.2, -0.15) is 0 Å². The molecule has 4 nitrogen and oxygen atoms in total. The zero-order chi connectivity index (χ0) is 16.9. The first-order valence-corrected chi connectivity index (χ1v) is 9.53. The van der Waals surface area contributed by atoms with Crippen LogP contribution in [0.1, 0.15) is 35.1 Å². The first-order chi connectivity index (χ1) is 11.7. The van der Waals surface area contributed by atoms with Crippen molar-refractivity contribution in [3.05, 3.63) is 40.9 Å². The molecule has 0 spiro atoms. The Labute approximate surface area is 147 Å². The number of amides is 1. The molecule has 1 aliphatic rings. The van der Waals surface area contributed by atoms with Gasteiger partial charge in [0.25, 0.3) is 5.91 Å². The van der Waals surface area contributed by atoms with E-state index in [-0.39, 0.29) is 5.91 Å². The molecule has 0 bridgehead atoms. The van der Waals surface area contributed by atoms with Crippen LogP contribution in [0.25, 0.3) is 10.6 Å². The van der Waals surface area contributed by atoms with Crippen LogP contribution in [0.4, 0.5) is 0 Å². The van der Waals surface area contributed by atoms with E-state index in [0.29, 0.717) is 5.92 Å². The van der Waals surface area contributed by atoms with Gasteiger partial charge < -0.3 is 10.2 Å². The standard InChI is InChI=1S/C19H25N3OS/c1-3-20-13-15-9-11-22(12-10-15)19(23)17-14(2)21-18(24-17)16-7-5-4-6-8-16/h4-8,15,20H,3,9-13H2,1-2H3. The zero-order valence-electron chi connectivity index (χ0n) is 14.4. The molecule has 1 aliphatic heterocycles. The van der Waals surface area contributed by atoms with Gasteiger partial charge in [0.05, 0.1) is 5.69 Å². The number of likely N-dealkylation sites (tertiary alicyclic amines) is 1. The molecule has 128 valence electrons. The Morgan fingerprint density at radius 2 is 2.00 bits per heavy atom. The number of rotatable bonds is 5. The average Bonchev–Trinajstić information content (AvgIpc) is 3.02. The third kappa shape index (κ3) is 3.84. The van der Waals surface area contributed by atoms with Crippen molar-refractivity contribution < 1.29 is 4.79 Å². The predicted molar refractivity (Wildman–Crippen MR) is 99.5 cm³/mol. The van der Waals surface area contributed by atoms with Crippen molar-refractivity contribution in [3.63, 3.8) is 0 Å². The van der Waals surface area contributed by atoms with Gasteiger partial charge in [-0.3, -0.25) is 4.79 Å². The van der Waals surface area contributed by atoms with Crippen molar-refractivity contribution in [1.29, 1.82) is 0 Å². The fourth-order valence-corrected chi connectivity index (χ4v) is 4.17. The van der Waals surface area contributed by atoms with Crippen LogP contribution < -0.4 is 5.32 Å². The number of piperidine rings is 1. The summed E-state index contributed by atoms with van der Waals surface area (Å²) in [6, 6.07) is 10.1. The number of thiazole rings is 1. The van der Waals surface area contributed by atoms with Gasteiger partial charge in [0, 0.05) is 18.7 Å². The smallest absolute Gasteiger partial charge is 0.265 e. The van der Waals surface area contributed by atoms with Gasteiger partial charge >= 0.3 is 0 Å². The maximum Gasteiger partial charge on any atom is 0.265 e. The van der Waals surface area contributed by atoms with Crippen molar-refractivity contribution in [3.8, 4) is 10.6 Å². The Morgan fingerprint density at radius 3 is 2.67 bits per heavy atom. The van der Waals surface area contributed by atoms with E-state index in [4.69, 9.17) is 0 Å². The minimum atomic E-state index is 0.147. The summed E-state index contributed by atoms with van der Waals surface area (Å²) in [4.78, 5) is 20.3. The van der Waals surface area contributed by atoms with Crippen LogP contribution in [0.15, 0.2) is 30.3 Å². The summed E-state index contributed by atoms with van der Waals surface area (Å²) in [7, 11) is 0. The van der Waals surface area contributed by atoms with Crippen LogP contribution in [-0.2, 0) is 0 Å². The van der Waals surface area contributed by atoms with E-state index in [2.05, 4.69) is 17.2 Å². The van der Waals surface area contributed by atoms with Crippen molar-refractivity contribution in [2.45, 2.75) is 26.7 Å². The predicted octanol–water partition coefficient (Wildman–Crippen LogP) is 3.58. The molecule has 2 aromatic rings. The molecule has 5 heteroatoms. The van der Waals surface area contributed by atoms with Gasteiger partial charge in [0.1, 0.15) is 9.88 Å². The lowest BCUT2D eigenvalue weighted by Gasteiger charge is -2.31. The SMILES string of the molecule is CCNCC1CCN(C(=O)c2sc(-c3ccccc3)nc2C)CC1. The Morgan fingerprint density at radius 1 is 1.29 bits per heavy atom. The largest absolute Gasteiger partial charge is 0.338 e. The number of hydrogen-bond acceptors (Lipinski definition) is 4. The molecule has 1 aromatic heterocycles. The van der Waals surface area contributed by atoms with Crippen molar-refractivity contribution in [2.75, 3.05) is 26.2 Å². The zero-order valence-corrected chi connectivity index (χ0v) is 15.2. The van der Waals surface area contributed by atoms with Gasteiger partial charge in [-0.1, -0.05) is 37.3 Å². The van der Waals surface area contributed by atoms with Crippen molar-refractivity contribution >= 4 is 17.2 Å². The molecule has 24 heavy (non-hydrogen) atoms. The van der Waals surface area contributed by atoms with E-state index in [1.165, 1.54) is 11.3 Å². The first-order valence-electron chi connectivity index (χ1n) is 8.72. The van der Waals surface area contributed by atoms with E-state index < -0.39 is 0 Å². The van der Waals surface area contributed by atoms with E-state index in [1.54, 1.807) is 0 Å². The maximum absolute atomic E-state index is 12.9. The molecule has 1 saturated heterocycles. The number of hydrogen-bond donors (Lipinski definition) is 1. The van der Waals surface area contributed by atoms with Crippen LogP contribution in [0, 0.1) is 12.8 Å². The van der Waals surface area contributed by atoms with Gasteiger partial charge in [-0.25, -0.2) is 4.98 Å². The minimum absolute atomic E-state index is 0.147. The van der Waals surface area contributed by atoms with Crippen molar-refractivity contribution in [1.82, 2.24) is 15.2 Å².